The molecule has 0 radical (unpaired) electrons. The second kappa shape index (κ2) is 21.1. The summed E-state index contributed by atoms with van der Waals surface area (Å²) < 4.78 is 83.1. The normalized spacial score (nSPS) is 12.0. The molecule has 6 aromatic heterocycles. The number of halogens is 2. The fraction of sp³-hybridized carbons (Fsp3) is 0.195. The Balaban J connectivity index is 0.000000241. The van der Waals surface area contributed by atoms with Crippen molar-refractivity contribution >= 4 is 38.1 Å². The first kappa shape index (κ1) is 48.5. The van der Waals surface area contributed by atoms with E-state index in [1.54, 1.807) is 19.2 Å². The van der Waals surface area contributed by atoms with Crippen molar-refractivity contribution in [2.75, 3.05) is 7.05 Å². The van der Waals surface area contributed by atoms with E-state index < -0.39 is 61.2 Å². The van der Waals surface area contributed by atoms with Crippen LogP contribution in [0.15, 0.2) is 132 Å². The van der Waals surface area contributed by atoms with Gasteiger partial charge in [0, 0.05) is 85.4 Å². The Hall–Kier alpha value is -7.17. The minimum Gasteiger partial charge on any atom is -0.478 e. The van der Waals surface area contributed by atoms with Crippen LogP contribution in [0.4, 0.5) is 13.6 Å². The van der Waals surface area contributed by atoms with Crippen LogP contribution < -0.4 is 10.6 Å². The molecule has 0 aliphatic rings. The number of nitrogens with one attached hydrogen (secondary N) is 2. The summed E-state index contributed by atoms with van der Waals surface area (Å²) in [6.45, 7) is 6.08. The van der Waals surface area contributed by atoms with Gasteiger partial charge in [0.25, 0.3) is 20.0 Å². The first-order valence-corrected chi connectivity index (χ1v) is 21.3. The number of pyridine rings is 4. The Bertz CT molecular complexity index is 2780. The molecule has 0 bridgehead atoms. The Kier molecular flexibility index (Phi) is 16.2. The zero-order valence-electron chi connectivity index (χ0n) is 34.0. The topological polar surface area (TPSA) is 266 Å². The average molecular weight is 909 g/mol. The van der Waals surface area contributed by atoms with E-state index in [-0.39, 0.29) is 38.7 Å². The lowest BCUT2D eigenvalue weighted by Crippen LogP contribution is -2.44. The maximum absolute atomic E-state index is 14.5. The van der Waals surface area contributed by atoms with Gasteiger partial charge >= 0.3 is 18.0 Å². The summed E-state index contributed by atoms with van der Waals surface area (Å²) in [5.74, 6) is -3.78. The van der Waals surface area contributed by atoms with Gasteiger partial charge in [0.05, 0.1) is 23.8 Å². The van der Waals surface area contributed by atoms with Crippen LogP contribution in [0.3, 0.4) is 0 Å². The molecule has 0 aromatic carbocycles. The third kappa shape index (κ3) is 12.9. The summed E-state index contributed by atoms with van der Waals surface area (Å²) in [5.41, 5.74) is 1.39. The molecule has 0 fully saturated rings. The molecule has 0 aliphatic heterocycles. The first-order chi connectivity index (χ1) is 29.7. The van der Waals surface area contributed by atoms with Crippen LogP contribution in [0, 0.1) is 17.0 Å². The van der Waals surface area contributed by atoms with E-state index >= 15 is 0 Å². The van der Waals surface area contributed by atoms with E-state index in [0.29, 0.717) is 24.3 Å². The molecule has 6 rings (SSSR count). The second-order valence-electron chi connectivity index (χ2n) is 14.3. The third-order valence-corrected chi connectivity index (χ3v) is 12.0. The highest BCUT2D eigenvalue weighted by Gasteiger charge is 2.30. The molecule has 0 saturated carbocycles. The summed E-state index contributed by atoms with van der Waals surface area (Å²) in [6, 6.07) is 11.4. The van der Waals surface area contributed by atoms with Crippen molar-refractivity contribution in [2.24, 2.45) is 5.41 Å². The number of carboxylic acid groups (broad SMARTS) is 3. The number of carboxylic acids is 2. The van der Waals surface area contributed by atoms with Crippen molar-refractivity contribution < 1.29 is 55.3 Å². The molecule has 5 N–H and O–H groups in total. The molecule has 6 heterocycles. The van der Waals surface area contributed by atoms with Crippen LogP contribution in [0.2, 0.25) is 0 Å². The number of hydrogen-bond donors (Lipinski definition) is 5. The molecular weight excluding hydrogens is 867 g/mol. The maximum Gasteiger partial charge on any atom is 0.404 e. The van der Waals surface area contributed by atoms with Gasteiger partial charge in [0.15, 0.2) is 11.6 Å². The molecule has 1 amide bonds. The molecular formula is C41H42F2N8O10S2. The van der Waals surface area contributed by atoms with Crippen LogP contribution in [0.25, 0.3) is 22.5 Å². The third-order valence-electron chi connectivity index (χ3n) is 8.70. The number of nitrogens with zero attached hydrogens (tertiary/aromatic N) is 6. The first-order valence-electron chi connectivity index (χ1n) is 18.4. The Morgan fingerprint density at radius 1 is 0.698 bits per heavy atom. The van der Waals surface area contributed by atoms with Gasteiger partial charge in [-0.2, -0.15) is 0 Å². The fourth-order valence-corrected chi connectivity index (χ4v) is 8.40. The van der Waals surface area contributed by atoms with E-state index in [9.17, 15) is 45.1 Å². The minimum atomic E-state index is -4.08. The van der Waals surface area contributed by atoms with Crippen molar-refractivity contribution in [1.82, 2.24) is 38.5 Å². The van der Waals surface area contributed by atoms with Gasteiger partial charge in [-0.05, 0) is 78.5 Å². The van der Waals surface area contributed by atoms with Crippen molar-refractivity contribution in [3.05, 3.63) is 145 Å². The fourth-order valence-electron chi connectivity index (χ4n) is 5.69. The molecule has 332 valence electrons. The zero-order valence-corrected chi connectivity index (χ0v) is 35.6. The zero-order chi connectivity index (χ0) is 46.5. The Morgan fingerprint density at radius 3 is 1.49 bits per heavy atom. The van der Waals surface area contributed by atoms with E-state index in [4.69, 9.17) is 10.2 Å². The van der Waals surface area contributed by atoms with E-state index in [1.165, 1.54) is 86.0 Å². The van der Waals surface area contributed by atoms with Gasteiger partial charge in [0.1, 0.15) is 9.79 Å². The monoisotopic (exact) mass is 908 g/mol. The van der Waals surface area contributed by atoms with Gasteiger partial charge in [-0.15, -0.1) is 0 Å². The molecule has 1 unspecified atom stereocenters. The summed E-state index contributed by atoms with van der Waals surface area (Å²) >= 11 is 0. The lowest BCUT2D eigenvalue weighted by Gasteiger charge is -2.30. The van der Waals surface area contributed by atoms with E-state index in [2.05, 4.69) is 30.6 Å². The highest BCUT2D eigenvalue weighted by atomic mass is 32.2. The van der Waals surface area contributed by atoms with Crippen LogP contribution >= 0.6 is 0 Å². The van der Waals surface area contributed by atoms with Crippen molar-refractivity contribution in [3.63, 3.8) is 0 Å². The summed E-state index contributed by atoms with van der Waals surface area (Å²) in [7, 11) is -6.22. The molecule has 1 atom stereocenters. The number of aliphatic carboxylic acids is 2. The molecule has 0 spiro atoms. The van der Waals surface area contributed by atoms with Gasteiger partial charge in [0.2, 0.25) is 0 Å². The molecule has 63 heavy (non-hydrogen) atoms. The molecule has 18 nitrogen and oxygen atoms in total. The Morgan fingerprint density at radius 2 is 1.13 bits per heavy atom. The molecule has 0 saturated heterocycles. The minimum absolute atomic E-state index is 0.0346. The van der Waals surface area contributed by atoms with Gasteiger partial charge in [-0.1, -0.05) is 20.8 Å². The Labute approximate surface area is 360 Å². The lowest BCUT2D eigenvalue weighted by molar-refractivity contribution is -0.134. The molecule has 6 aromatic rings. The second-order valence-corrected chi connectivity index (χ2v) is 17.9. The van der Waals surface area contributed by atoms with Crippen LogP contribution in [0.1, 0.15) is 31.9 Å². The quantitative estimate of drug-likeness (QED) is 0.0921. The largest absolute Gasteiger partial charge is 0.478 e. The number of aromatic nitrogens is 6. The number of carbonyl (C=O) groups is 3. The molecule has 22 heteroatoms. The van der Waals surface area contributed by atoms with Crippen LogP contribution in [-0.4, -0.2) is 91.2 Å². The summed E-state index contributed by atoms with van der Waals surface area (Å²) in [5, 5.41) is 30.3. The molecule has 0 aliphatic carbocycles. The van der Waals surface area contributed by atoms with Crippen LogP contribution in [-0.2, 0) is 42.6 Å². The van der Waals surface area contributed by atoms with Crippen LogP contribution in [0.5, 0.6) is 0 Å². The number of rotatable bonds is 13. The number of hydrogen-bond acceptors (Lipinski definition) is 12. The van der Waals surface area contributed by atoms with Gasteiger partial charge < -0.3 is 26.0 Å². The highest BCUT2D eigenvalue weighted by Crippen LogP contribution is 2.32. The van der Waals surface area contributed by atoms with Crippen molar-refractivity contribution in [1.29, 1.82) is 0 Å². The van der Waals surface area contributed by atoms with Gasteiger partial charge in [-0.3, -0.25) is 19.9 Å². The smallest absolute Gasteiger partial charge is 0.404 e. The highest BCUT2D eigenvalue weighted by molar-refractivity contribution is 7.90. The predicted octanol–water partition coefficient (Wildman–Crippen LogP) is 5.30. The maximum atomic E-state index is 14.5. The van der Waals surface area contributed by atoms with E-state index in [0.717, 1.165) is 25.9 Å². The summed E-state index contributed by atoms with van der Waals surface area (Å²) in [4.78, 5) is 45.5. The predicted molar refractivity (Wildman–Crippen MR) is 224 cm³/mol. The van der Waals surface area contributed by atoms with E-state index in [1.807, 2.05) is 20.8 Å². The van der Waals surface area contributed by atoms with Crippen molar-refractivity contribution in [3.8, 4) is 22.5 Å². The average Bonchev–Trinajstić information content (AvgIpc) is 3.87. The number of amides is 1. The SMILES string of the molecule is CC(C)(C)C(Cc1cc(-c2ccncc2F)n(S(=O)(=O)c2cccnc2)c1)NC(=O)O.CNCc1cc(-c2ccncc2F)n(S(=O)(=O)c2cccnc2)c1.O=C(O)/C=C/C(=O)O. The van der Waals surface area contributed by atoms with Gasteiger partial charge in [-0.25, -0.2) is 47.9 Å². The lowest BCUT2D eigenvalue weighted by atomic mass is 9.83. The standard InChI is InChI=1S/C21H23FN4O4S.C16H15FN4O2S.C4H4O4/c1-21(2,3)19(25-20(27)28)10-14-9-18(16-6-8-24-12-17(16)22)26(13-14)31(29,30)15-5-4-7-23-11-15;1-18-8-12-7-16(14-4-6-20-10-15(14)17)21(11-12)24(22,23)13-3-2-5-19-9-13;5-3(6)1-2-4(7)8/h4-9,11-13,19,25H,10H2,1-3H3,(H,27,28);2-7,9-11,18H,8H2,1H3;1-2H,(H,5,6)(H,7,8)/b;;2-1+. The van der Waals surface area contributed by atoms with Crippen molar-refractivity contribution in [2.45, 2.75) is 49.6 Å². The summed E-state index contributed by atoms with van der Waals surface area (Å²) in [6.07, 6.45) is 13.3.